The molecule has 1 aliphatic heterocycles. The van der Waals surface area contributed by atoms with Crippen LogP contribution in [-0.2, 0) is 23.6 Å². The van der Waals surface area contributed by atoms with E-state index in [9.17, 15) is 18.0 Å². The van der Waals surface area contributed by atoms with Gasteiger partial charge in [0.15, 0.2) is 0 Å². The van der Waals surface area contributed by atoms with E-state index in [4.69, 9.17) is 0 Å². The summed E-state index contributed by atoms with van der Waals surface area (Å²) in [6.07, 6.45) is 0. The summed E-state index contributed by atoms with van der Waals surface area (Å²) in [7, 11) is -1.38. The van der Waals surface area contributed by atoms with Crippen LogP contribution in [-0.4, -0.2) is 64.8 Å². The molecule has 2 heterocycles. The molecule has 1 aromatic heterocycles. The maximum absolute atomic E-state index is 13.1. The Hall–Kier alpha value is -3.21. The summed E-state index contributed by atoms with van der Waals surface area (Å²) < 4.78 is 28.9. The van der Waals surface area contributed by atoms with Crippen molar-refractivity contribution >= 4 is 21.6 Å². The number of hydrogen-bond acceptors (Lipinski definition) is 5. The van der Waals surface area contributed by atoms with Gasteiger partial charge in [0.1, 0.15) is 5.69 Å². The number of sulfonamides is 1. The molecule has 0 spiro atoms. The molecule has 1 fully saturated rings. The Morgan fingerprint density at radius 1 is 1.00 bits per heavy atom. The Labute approximate surface area is 205 Å². The molecule has 0 bridgehead atoms. The third-order valence-electron chi connectivity index (χ3n) is 6.48. The normalized spacial score (nSPS) is 15.3. The summed E-state index contributed by atoms with van der Waals surface area (Å²) in [5, 5.41) is 2.81. The number of nitrogens with one attached hydrogen (secondary N) is 1. The predicted molar refractivity (Wildman–Crippen MR) is 136 cm³/mol. The van der Waals surface area contributed by atoms with Gasteiger partial charge in [-0.2, -0.15) is 4.31 Å². The van der Waals surface area contributed by atoms with Crippen molar-refractivity contribution < 1.29 is 13.2 Å². The lowest BCUT2D eigenvalue weighted by Crippen LogP contribution is -2.48. The lowest BCUT2D eigenvalue weighted by Gasteiger charge is -2.33. The first-order valence-electron chi connectivity index (χ1n) is 11.7. The lowest BCUT2D eigenvalue weighted by atomic mass is 10.1. The number of carbonyl (C=O) groups is 1. The van der Waals surface area contributed by atoms with Crippen LogP contribution in [0.2, 0.25) is 0 Å². The molecule has 3 aromatic rings. The lowest BCUT2D eigenvalue weighted by molar-refractivity contribution is 0.102. The van der Waals surface area contributed by atoms with Gasteiger partial charge in [-0.3, -0.25) is 19.2 Å². The van der Waals surface area contributed by atoms with Crippen molar-refractivity contribution in [1.82, 2.24) is 18.6 Å². The molecule has 1 N–H and O–H groups in total. The highest BCUT2D eigenvalue weighted by Gasteiger charge is 2.25. The standard InChI is InChI=1S/C25H31N5O4S/c1-4-35(33,34)29-15-13-28(14-16-29)18-20-9-8-10-21(17-20)24(31)26-23-19(2)27(3)30(25(23)32)22-11-6-5-7-12-22/h5-12,17H,4,13-16,18H2,1-3H3,(H,26,31). The molecule has 1 amide bonds. The second-order valence-electron chi connectivity index (χ2n) is 8.67. The Balaban J connectivity index is 1.47. The van der Waals surface area contributed by atoms with Crippen LogP contribution in [0, 0.1) is 6.92 Å². The van der Waals surface area contributed by atoms with Crippen LogP contribution >= 0.6 is 0 Å². The van der Waals surface area contributed by atoms with Crippen LogP contribution in [0.1, 0.15) is 28.5 Å². The molecular weight excluding hydrogens is 466 g/mol. The molecule has 0 saturated carbocycles. The summed E-state index contributed by atoms with van der Waals surface area (Å²) in [5.74, 6) is -0.238. The van der Waals surface area contributed by atoms with Crippen LogP contribution < -0.4 is 10.9 Å². The van der Waals surface area contributed by atoms with Gasteiger partial charge in [-0.1, -0.05) is 30.3 Å². The average Bonchev–Trinajstić information content (AvgIpc) is 3.08. The maximum atomic E-state index is 13.1. The fourth-order valence-corrected chi connectivity index (χ4v) is 5.40. The second-order valence-corrected chi connectivity index (χ2v) is 10.9. The first-order chi connectivity index (χ1) is 16.7. The van der Waals surface area contributed by atoms with Crippen LogP contribution in [0.15, 0.2) is 59.4 Å². The maximum Gasteiger partial charge on any atom is 0.295 e. The van der Waals surface area contributed by atoms with Crippen molar-refractivity contribution in [2.24, 2.45) is 7.05 Å². The highest BCUT2D eigenvalue weighted by molar-refractivity contribution is 7.89. The molecule has 0 radical (unpaired) electrons. The zero-order chi connectivity index (χ0) is 25.2. The quantitative estimate of drug-likeness (QED) is 0.540. The molecule has 1 saturated heterocycles. The minimum absolute atomic E-state index is 0.113. The number of rotatable bonds is 7. The number of hydrogen-bond donors (Lipinski definition) is 1. The Morgan fingerprint density at radius 2 is 1.69 bits per heavy atom. The van der Waals surface area contributed by atoms with E-state index in [-0.39, 0.29) is 22.9 Å². The summed E-state index contributed by atoms with van der Waals surface area (Å²) in [6.45, 7) is 6.29. The zero-order valence-electron chi connectivity index (χ0n) is 20.3. The van der Waals surface area contributed by atoms with E-state index >= 15 is 0 Å². The zero-order valence-corrected chi connectivity index (χ0v) is 21.1. The van der Waals surface area contributed by atoms with Gasteiger partial charge in [0.2, 0.25) is 10.0 Å². The molecule has 0 unspecified atom stereocenters. The minimum Gasteiger partial charge on any atom is -0.316 e. The molecule has 35 heavy (non-hydrogen) atoms. The van der Waals surface area contributed by atoms with Crippen molar-refractivity contribution in [3.05, 3.63) is 81.8 Å². The number of amides is 1. The number of benzene rings is 2. The number of aromatic nitrogens is 2. The van der Waals surface area contributed by atoms with E-state index < -0.39 is 10.0 Å². The van der Waals surface area contributed by atoms with Crippen molar-refractivity contribution in [1.29, 1.82) is 0 Å². The SMILES string of the molecule is CCS(=O)(=O)N1CCN(Cc2cccc(C(=O)Nc3c(C)n(C)n(-c4ccccc4)c3=O)c2)CC1. The molecule has 10 heteroatoms. The van der Waals surface area contributed by atoms with Crippen molar-refractivity contribution in [2.45, 2.75) is 20.4 Å². The van der Waals surface area contributed by atoms with Gasteiger partial charge >= 0.3 is 0 Å². The fraction of sp³-hybridized carbons (Fsp3) is 0.360. The van der Waals surface area contributed by atoms with E-state index in [0.29, 0.717) is 44.0 Å². The van der Waals surface area contributed by atoms with E-state index in [1.165, 1.54) is 8.99 Å². The van der Waals surface area contributed by atoms with Gasteiger partial charge in [-0.15, -0.1) is 0 Å². The van der Waals surface area contributed by atoms with E-state index in [1.54, 1.807) is 31.6 Å². The Morgan fingerprint density at radius 3 is 2.34 bits per heavy atom. The number of nitrogens with zero attached hydrogens (tertiary/aromatic N) is 4. The highest BCUT2D eigenvalue weighted by atomic mass is 32.2. The summed E-state index contributed by atoms with van der Waals surface area (Å²) in [5.41, 5.74) is 2.75. The number of carbonyl (C=O) groups excluding carboxylic acids is 1. The first-order valence-corrected chi connectivity index (χ1v) is 13.3. The van der Waals surface area contributed by atoms with Crippen LogP contribution in [0.5, 0.6) is 0 Å². The van der Waals surface area contributed by atoms with E-state index in [2.05, 4.69) is 10.2 Å². The van der Waals surface area contributed by atoms with Gasteiger partial charge in [0, 0.05) is 45.3 Å². The van der Waals surface area contributed by atoms with Gasteiger partial charge in [0.25, 0.3) is 11.5 Å². The first kappa shape index (κ1) is 24.9. The van der Waals surface area contributed by atoms with E-state index in [1.807, 2.05) is 48.5 Å². The number of piperazine rings is 1. The minimum atomic E-state index is -3.17. The average molecular weight is 498 g/mol. The molecule has 1 aliphatic rings. The molecule has 9 nitrogen and oxygen atoms in total. The van der Waals surface area contributed by atoms with Crippen molar-refractivity contribution in [3.8, 4) is 5.69 Å². The topological polar surface area (TPSA) is 96.7 Å². The molecule has 0 aliphatic carbocycles. The number of para-hydroxylation sites is 1. The Kier molecular flexibility index (Phi) is 7.25. The third-order valence-corrected chi connectivity index (χ3v) is 8.36. The van der Waals surface area contributed by atoms with Gasteiger partial charge in [0.05, 0.1) is 17.1 Å². The summed E-state index contributed by atoms with van der Waals surface area (Å²) >= 11 is 0. The molecule has 0 atom stereocenters. The molecule has 186 valence electrons. The molecule has 2 aromatic carbocycles. The van der Waals surface area contributed by atoms with E-state index in [0.717, 1.165) is 11.3 Å². The van der Waals surface area contributed by atoms with Gasteiger partial charge in [-0.05, 0) is 43.7 Å². The van der Waals surface area contributed by atoms with Gasteiger partial charge in [-0.25, -0.2) is 13.1 Å². The molecular formula is C25H31N5O4S. The Bertz CT molecular complexity index is 1370. The predicted octanol–water partition coefficient (Wildman–Crippen LogP) is 2.20. The van der Waals surface area contributed by atoms with Crippen molar-refractivity contribution in [2.75, 3.05) is 37.2 Å². The molecule has 4 rings (SSSR count). The summed E-state index contributed by atoms with van der Waals surface area (Å²) in [6, 6.07) is 16.6. The number of anilines is 1. The van der Waals surface area contributed by atoms with Crippen LogP contribution in [0.25, 0.3) is 5.69 Å². The highest BCUT2D eigenvalue weighted by Crippen LogP contribution is 2.17. The van der Waals surface area contributed by atoms with Gasteiger partial charge < -0.3 is 5.32 Å². The largest absolute Gasteiger partial charge is 0.316 e. The smallest absolute Gasteiger partial charge is 0.295 e. The summed E-state index contributed by atoms with van der Waals surface area (Å²) in [4.78, 5) is 28.3. The monoisotopic (exact) mass is 497 g/mol. The van der Waals surface area contributed by atoms with Crippen LogP contribution in [0.3, 0.4) is 0 Å². The van der Waals surface area contributed by atoms with Crippen molar-refractivity contribution in [3.63, 3.8) is 0 Å². The van der Waals surface area contributed by atoms with Crippen LogP contribution in [0.4, 0.5) is 5.69 Å². The second kappa shape index (κ2) is 10.2. The fourth-order valence-electron chi connectivity index (χ4n) is 4.32. The third kappa shape index (κ3) is 5.24.